The second kappa shape index (κ2) is 7.17. The van der Waals surface area contributed by atoms with Gasteiger partial charge in [-0.25, -0.2) is 0 Å². The minimum absolute atomic E-state index is 0.0344. The number of anilines is 1. The quantitative estimate of drug-likeness (QED) is 0.611. The third-order valence-electron chi connectivity index (χ3n) is 4.77. The number of thiocarbonyl (C=S) groups is 1. The Hall–Kier alpha value is -2.24. The van der Waals surface area contributed by atoms with Gasteiger partial charge < -0.3 is 10.2 Å². The van der Waals surface area contributed by atoms with E-state index in [0.717, 1.165) is 16.5 Å². The lowest BCUT2D eigenvalue weighted by atomic mass is 10.0. The topological polar surface area (TPSA) is 28.2 Å². The number of pyridine rings is 1. The van der Waals surface area contributed by atoms with Crippen LogP contribution in [-0.4, -0.2) is 10.1 Å². The normalized spacial score (nSPS) is 19.8. The summed E-state index contributed by atoms with van der Waals surface area (Å²) < 4.78 is 0. The van der Waals surface area contributed by atoms with Crippen LogP contribution in [0.2, 0.25) is 0 Å². The number of nitrogens with zero attached hydrogens (tertiary/aromatic N) is 2. The standard InChI is InChI=1S/C21H21N3S2/c1-14(2)15-8-10-16(11-9-15)24-20(18-7-5-13-26-18)19(23-21(24)25)17-6-3-4-12-22-17/h3-14,19-20H,1-2H3,(H,23,25)/t19-,20-/m1/s1. The summed E-state index contributed by atoms with van der Waals surface area (Å²) >= 11 is 7.48. The fourth-order valence-corrected chi connectivity index (χ4v) is 4.60. The van der Waals surface area contributed by atoms with Crippen LogP contribution >= 0.6 is 23.6 Å². The van der Waals surface area contributed by atoms with Crippen molar-refractivity contribution in [3.8, 4) is 0 Å². The molecule has 1 fully saturated rings. The molecule has 4 rings (SSSR count). The molecule has 0 saturated carbocycles. The molecule has 1 aliphatic rings. The van der Waals surface area contributed by atoms with Crippen LogP contribution < -0.4 is 10.2 Å². The van der Waals surface area contributed by atoms with Crippen molar-refractivity contribution < 1.29 is 0 Å². The summed E-state index contributed by atoms with van der Waals surface area (Å²) in [5, 5.41) is 6.36. The van der Waals surface area contributed by atoms with E-state index >= 15 is 0 Å². The number of benzene rings is 1. The zero-order valence-electron chi connectivity index (χ0n) is 14.8. The molecule has 3 nitrogen and oxygen atoms in total. The number of nitrogens with one attached hydrogen (secondary N) is 1. The molecule has 5 heteroatoms. The Balaban J connectivity index is 1.76. The van der Waals surface area contributed by atoms with Gasteiger partial charge in [0.2, 0.25) is 0 Å². The van der Waals surface area contributed by atoms with E-state index in [1.165, 1.54) is 10.4 Å². The van der Waals surface area contributed by atoms with Gasteiger partial charge in [-0.3, -0.25) is 4.98 Å². The maximum Gasteiger partial charge on any atom is 0.174 e. The molecule has 2 atom stereocenters. The van der Waals surface area contributed by atoms with Crippen LogP contribution in [0.5, 0.6) is 0 Å². The molecule has 0 spiro atoms. The van der Waals surface area contributed by atoms with Crippen LogP contribution in [0.1, 0.15) is 48.0 Å². The molecule has 0 unspecified atom stereocenters. The summed E-state index contributed by atoms with van der Waals surface area (Å²) in [4.78, 5) is 8.08. The molecule has 0 aliphatic carbocycles. The molecule has 2 aromatic heterocycles. The van der Waals surface area contributed by atoms with Crippen LogP contribution in [0.15, 0.2) is 66.2 Å². The SMILES string of the molecule is CC(C)c1ccc(N2C(=S)N[C@H](c3ccccn3)[C@H]2c2cccs2)cc1. The molecular weight excluding hydrogens is 358 g/mol. The van der Waals surface area contributed by atoms with Gasteiger partial charge in [0.25, 0.3) is 0 Å². The minimum atomic E-state index is 0.0344. The molecule has 1 saturated heterocycles. The fourth-order valence-electron chi connectivity index (χ4n) is 3.40. The van der Waals surface area contributed by atoms with E-state index < -0.39 is 0 Å². The summed E-state index contributed by atoms with van der Waals surface area (Å²) in [6, 6.07) is 19.2. The van der Waals surface area contributed by atoms with Gasteiger partial charge in [0.15, 0.2) is 5.11 Å². The highest BCUT2D eigenvalue weighted by atomic mass is 32.1. The zero-order chi connectivity index (χ0) is 18.1. The Morgan fingerprint density at radius 1 is 1.08 bits per heavy atom. The Morgan fingerprint density at radius 2 is 1.88 bits per heavy atom. The van der Waals surface area contributed by atoms with Crippen LogP contribution in [0.4, 0.5) is 5.69 Å². The van der Waals surface area contributed by atoms with Crippen molar-refractivity contribution in [1.29, 1.82) is 0 Å². The van der Waals surface area contributed by atoms with E-state index in [9.17, 15) is 0 Å². The number of hydrogen-bond acceptors (Lipinski definition) is 3. The van der Waals surface area contributed by atoms with E-state index in [0.29, 0.717) is 5.92 Å². The first-order chi connectivity index (χ1) is 12.6. The number of hydrogen-bond donors (Lipinski definition) is 1. The molecule has 0 bridgehead atoms. The Bertz CT molecular complexity index is 873. The number of aromatic nitrogens is 1. The average molecular weight is 380 g/mol. The highest BCUT2D eigenvalue weighted by Gasteiger charge is 2.41. The molecule has 0 radical (unpaired) electrons. The summed E-state index contributed by atoms with van der Waals surface area (Å²) in [6.45, 7) is 4.42. The zero-order valence-corrected chi connectivity index (χ0v) is 16.4. The second-order valence-corrected chi connectivity index (χ2v) is 8.12. The lowest BCUT2D eigenvalue weighted by Crippen LogP contribution is -2.29. The lowest BCUT2D eigenvalue weighted by molar-refractivity contribution is 0.575. The molecule has 1 aromatic carbocycles. The summed E-state index contributed by atoms with van der Waals surface area (Å²) in [6.07, 6.45) is 1.84. The van der Waals surface area contributed by atoms with Gasteiger partial charge in [0, 0.05) is 16.8 Å². The van der Waals surface area contributed by atoms with Crippen molar-refractivity contribution >= 4 is 34.4 Å². The molecule has 0 amide bonds. The highest BCUT2D eigenvalue weighted by molar-refractivity contribution is 7.80. The van der Waals surface area contributed by atoms with E-state index in [-0.39, 0.29) is 12.1 Å². The molecular formula is C21H21N3S2. The maximum atomic E-state index is 5.73. The predicted molar refractivity (Wildman–Crippen MR) is 113 cm³/mol. The van der Waals surface area contributed by atoms with Gasteiger partial charge in [-0.15, -0.1) is 11.3 Å². The van der Waals surface area contributed by atoms with E-state index in [4.69, 9.17) is 12.2 Å². The summed E-state index contributed by atoms with van der Waals surface area (Å²) in [7, 11) is 0. The van der Waals surface area contributed by atoms with Crippen LogP contribution in [0.25, 0.3) is 0 Å². The van der Waals surface area contributed by atoms with E-state index in [1.54, 1.807) is 11.3 Å². The molecule has 1 N–H and O–H groups in total. The smallest absolute Gasteiger partial charge is 0.174 e. The van der Waals surface area contributed by atoms with Crippen LogP contribution in [0, 0.1) is 0 Å². The number of thiophene rings is 1. The highest BCUT2D eigenvalue weighted by Crippen LogP contribution is 2.43. The first kappa shape index (κ1) is 17.2. The molecule has 132 valence electrons. The van der Waals surface area contributed by atoms with Crippen molar-refractivity contribution in [2.75, 3.05) is 4.90 Å². The number of rotatable bonds is 4. The predicted octanol–water partition coefficient (Wildman–Crippen LogP) is 5.44. The molecule has 26 heavy (non-hydrogen) atoms. The summed E-state index contributed by atoms with van der Waals surface area (Å²) in [5.74, 6) is 0.516. The van der Waals surface area contributed by atoms with Gasteiger partial charge in [0.1, 0.15) is 0 Å². The Labute approximate surface area is 163 Å². The van der Waals surface area contributed by atoms with E-state index in [2.05, 4.69) is 76.9 Å². The molecule has 3 aromatic rings. The Kier molecular flexibility index (Phi) is 4.74. The van der Waals surface area contributed by atoms with Gasteiger partial charge in [0.05, 0.1) is 17.8 Å². The molecule has 3 heterocycles. The van der Waals surface area contributed by atoms with Crippen molar-refractivity contribution in [3.63, 3.8) is 0 Å². The third-order valence-corrected chi connectivity index (χ3v) is 6.03. The fraction of sp³-hybridized carbons (Fsp3) is 0.238. The van der Waals surface area contributed by atoms with Gasteiger partial charge >= 0.3 is 0 Å². The minimum Gasteiger partial charge on any atom is -0.351 e. The first-order valence-electron chi connectivity index (χ1n) is 8.79. The second-order valence-electron chi connectivity index (χ2n) is 6.76. The van der Waals surface area contributed by atoms with Crippen LogP contribution in [-0.2, 0) is 0 Å². The van der Waals surface area contributed by atoms with Crippen molar-refractivity contribution in [1.82, 2.24) is 10.3 Å². The van der Waals surface area contributed by atoms with E-state index in [1.807, 2.05) is 18.3 Å². The van der Waals surface area contributed by atoms with Gasteiger partial charge in [-0.2, -0.15) is 0 Å². The average Bonchev–Trinajstić information content (AvgIpc) is 3.30. The van der Waals surface area contributed by atoms with Crippen molar-refractivity contribution in [2.45, 2.75) is 31.8 Å². The largest absolute Gasteiger partial charge is 0.351 e. The first-order valence-corrected chi connectivity index (χ1v) is 10.1. The van der Waals surface area contributed by atoms with Gasteiger partial charge in [-0.05, 0) is 59.4 Å². The van der Waals surface area contributed by atoms with Crippen molar-refractivity contribution in [2.24, 2.45) is 0 Å². The van der Waals surface area contributed by atoms with Crippen molar-refractivity contribution in [3.05, 3.63) is 82.3 Å². The molecule has 1 aliphatic heterocycles. The monoisotopic (exact) mass is 379 g/mol. The maximum absolute atomic E-state index is 5.73. The van der Waals surface area contributed by atoms with Gasteiger partial charge in [-0.1, -0.05) is 38.1 Å². The summed E-state index contributed by atoms with van der Waals surface area (Å²) in [5.41, 5.74) is 3.46. The van der Waals surface area contributed by atoms with Crippen LogP contribution in [0.3, 0.4) is 0 Å². The lowest BCUT2D eigenvalue weighted by Gasteiger charge is -2.27. The Morgan fingerprint density at radius 3 is 2.50 bits per heavy atom. The third kappa shape index (κ3) is 3.13.